The first-order valence-electron chi connectivity index (χ1n) is 7.09. The van der Waals surface area contributed by atoms with Crippen LogP contribution in [0.5, 0.6) is 0 Å². The van der Waals surface area contributed by atoms with Crippen molar-refractivity contribution in [3.8, 4) is 0 Å². The predicted molar refractivity (Wildman–Crippen MR) is 97.1 cm³/mol. The van der Waals surface area contributed by atoms with Crippen LogP contribution in [-0.2, 0) is 11.8 Å². The Bertz CT molecular complexity index is 549. The van der Waals surface area contributed by atoms with Gasteiger partial charge < -0.3 is 5.73 Å². The van der Waals surface area contributed by atoms with E-state index in [1.165, 1.54) is 11.1 Å². The highest BCUT2D eigenvalue weighted by atomic mass is 79.9. The monoisotopic (exact) mass is 367 g/mol. The van der Waals surface area contributed by atoms with E-state index in [1.807, 2.05) is 19.1 Å². The molecule has 0 radical (unpaired) electrons. The predicted octanol–water partition coefficient (Wildman–Crippen LogP) is 5.59. The van der Waals surface area contributed by atoms with Gasteiger partial charge in [-0.2, -0.15) is 0 Å². The van der Waals surface area contributed by atoms with Crippen molar-refractivity contribution in [1.29, 1.82) is 0 Å². The summed E-state index contributed by atoms with van der Waals surface area (Å²) in [4.78, 5) is 0. The van der Waals surface area contributed by atoms with Crippen LogP contribution in [-0.4, -0.2) is 6.54 Å². The lowest BCUT2D eigenvalue weighted by molar-refractivity contribution is 0.522. The van der Waals surface area contributed by atoms with Crippen molar-refractivity contribution in [1.82, 2.24) is 0 Å². The molecule has 0 aliphatic heterocycles. The van der Waals surface area contributed by atoms with Crippen molar-refractivity contribution < 1.29 is 0 Å². The molecule has 0 heterocycles. The van der Waals surface area contributed by atoms with Crippen molar-refractivity contribution in [3.63, 3.8) is 0 Å². The Morgan fingerprint density at radius 2 is 1.67 bits per heavy atom. The minimum Gasteiger partial charge on any atom is -0.331 e. The zero-order valence-corrected chi connectivity index (χ0v) is 15.2. The molecule has 2 N–H and O–H groups in total. The maximum Gasteiger partial charge on any atom is 0.0406 e. The normalized spacial score (nSPS) is 10.8. The first-order valence-corrected chi connectivity index (χ1v) is 8.26. The average molecular weight is 369 g/mol. The van der Waals surface area contributed by atoms with Crippen LogP contribution < -0.4 is 5.73 Å². The molecule has 0 saturated heterocycles. The first-order chi connectivity index (χ1) is 9.89. The molecule has 3 heteroatoms. The largest absolute Gasteiger partial charge is 0.331 e. The summed E-state index contributed by atoms with van der Waals surface area (Å²) in [5, 5.41) is 0.791. The summed E-state index contributed by atoms with van der Waals surface area (Å²) in [5.41, 5.74) is 7.61. The van der Waals surface area contributed by atoms with Gasteiger partial charge in [-0.15, -0.1) is 0 Å². The molecule has 0 amide bonds. The van der Waals surface area contributed by atoms with Crippen LogP contribution in [0.2, 0.25) is 5.02 Å². The fourth-order valence-electron chi connectivity index (χ4n) is 2.12. The highest BCUT2D eigenvalue weighted by Crippen LogP contribution is 2.29. The Labute approximate surface area is 141 Å². The number of halogens is 2. The molecule has 21 heavy (non-hydrogen) atoms. The minimum atomic E-state index is 0.109. The van der Waals surface area contributed by atoms with Gasteiger partial charge >= 0.3 is 0 Å². The summed E-state index contributed by atoms with van der Waals surface area (Å²) < 4.78 is 1.13. The summed E-state index contributed by atoms with van der Waals surface area (Å²) in [6, 6.07) is 16.6. The molecule has 0 spiro atoms. The van der Waals surface area contributed by atoms with E-state index in [0.717, 1.165) is 22.5 Å². The molecule has 0 fully saturated rings. The number of hydrogen-bond acceptors (Lipinski definition) is 1. The fourth-order valence-corrected chi connectivity index (χ4v) is 2.65. The van der Waals surface area contributed by atoms with Gasteiger partial charge in [0.1, 0.15) is 0 Å². The van der Waals surface area contributed by atoms with Gasteiger partial charge in [-0.1, -0.05) is 72.6 Å². The molecule has 1 nitrogen and oxygen atoms in total. The van der Waals surface area contributed by atoms with Crippen molar-refractivity contribution in [2.75, 3.05) is 6.54 Å². The second-order valence-corrected chi connectivity index (χ2v) is 6.96. The van der Waals surface area contributed by atoms with E-state index in [9.17, 15) is 0 Å². The maximum atomic E-state index is 5.91. The number of hydrogen-bond donors (Lipinski definition) is 1. The van der Waals surface area contributed by atoms with E-state index in [1.54, 1.807) is 0 Å². The zero-order chi connectivity index (χ0) is 15.9. The third kappa shape index (κ3) is 6.21. The number of rotatable bonds is 3. The Morgan fingerprint density at radius 3 is 2.19 bits per heavy atom. The lowest BCUT2D eigenvalue weighted by Crippen LogP contribution is -2.20. The zero-order valence-electron chi connectivity index (χ0n) is 12.9. The van der Waals surface area contributed by atoms with Crippen LogP contribution in [0.1, 0.15) is 31.9 Å². The van der Waals surface area contributed by atoms with E-state index in [-0.39, 0.29) is 5.41 Å². The molecule has 0 atom stereocenters. The summed E-state index contributed by atoms with van der Waals surface area (Å²) in [6.07, 6.45) is 1.00. The molecule has 0 unspecified atom stereocenters. The van der Waals surface area contributed by atoms with Crippen LogP contribution in [0.25, 0.3) is 0 Å². The standard InChI is InChI=1S/C16H16BrCl.C2H7N/c1-16(2,13-4-3-5-14(17)10-13)11-12-6-8-15(18)9-7-12;1-2-3/h3-10H,11H2,1-2H3;2-3H2,1H3. The molecule has 0 aliphatic carbocycles. The van der Waals surface area contributed by atoms with Gasteiger partial charge in [0.15, 0.2) is 0 Å². The molecule has 0 aromatic heterocycles. The molecule has 114 valence electrons. The van der Waals surface area contributed by atoms with Gasteiger partial charge in [0, 0.05) is 9.50 Å². The van der Waals surface area contributed by atoms with Crippen LogP contribution in [0, 0.1) is 0 Å². The highest BCUT2D eigenvalue weighted by molar-refractivity contribution is 9.10. The lowest BCUT2D eigenvalue weighted by Gasteiger charge is -2.25. The van der Waals surface area contributed by atoms with Gasteiger partial charge in [-0.3, -0.25) is 0 Å². The van der Waals surface area contributed by atoms with Gasteiger partial charge in [0.05, 0.1) is 0 Å². The quantitative estimate of drug-likeness (QED) is 0.751. The first kappa shape index (κ1) is 18.2. The van der Waals surface area contributed by atoms with Crippen molar-refractivity contribution in [2.45, 2.75) is 32.6 Å². The molecular weight excluding hydrogens is 346 g/mol. The summed E-state index contributed by atoms with van der Waals surface area (Å²) >= 11 is 9.45. The summed E-state index contributed by atoms with van der Waals surface area (Å²) in [6.45, 7) is 7.19. The highest BCUT2D eigenvalue weighted by Gasteiger charge is 2.21. The molecule has 0 saturated carbocycles. The number of benzene rings is 2. The Balaban J connectivity index is 0.000000677. The van der Waals surface area contributed by atoms with E-state index in [0.29, 0.717) is 0 Å². The fraction of sp³-hybridized carbons (Fsp3) is 0.333. The van der Waals surface area contributed by atoms with Crippen molar-refractivity contribution >= 4 is 27.5 Å². The molecule has 2 rings (SSSR count). The van der Waals surface area contributed by atoms with Crippen LogP contribution >= 0.6 is 27.5 Å². The Morgan fingerprint density at radius 1 is 1.10 bits per heavy atom. The van der Waals surface area contributed by atoms with Gasteiger partial charge in [0.25, 0.3) is 0 Å². The topological polar surface area (TPSA) is 26.0 Å². The molecule has 0 aliphatic rings. The van der Waals surface area contributed by atoms with E-state index in [2.05, 4.69) is 66.2 Å². The lowest BCUT2D eigenvalue weighted by atomic mass is 9.79. The van der Waals surface area contributed by atoms with Gasteiger partial charge in [-0.25, -0.2) is 0 Å². The Hall–Kier alpha value is -0.830. The van der Waals surface area contributed by atoms with Gasteiger partial charge in [-0.05, 0) is 53.8 Å². The number of nitrogens with two attached hydrogens (primary N) is 1. The molecule has 2 aromatic carbocycles. The second kappa shape index (κ2) is 8.57. The van der Waals surface area contributed by atoms with Crippen LogP contribution in [0.3, 0.4) is 0 Å². The molecular formula is C18H23BrClN. The van der Waals surface area contributed by atoms with Crippen LogP contribution in [0.4, 0.5) is 0 Å². The summed E-state index contributed by atoms with van der Waals surface area (Å²) in [5.74, 6) is 0. The second-order valence-electron chi connectivity index (χ2n) is 5.61. The Kier molecular flexibility index (Phi) is 7.44. The molecule has 0 bridgehead atoms. The minimum absolute atomic E-state index is 0.109. The summed E-state index contributed by atoms with van der Waals surface area (Å²) in [7, 11) is 0. The smallest absolute Gasteiger partial charge is 0.0406 e. The van der Waals surface area contributed by atoms with Crippen LogP contribution in [0.15, 0.2) is 53.0 Å². The third-order valence-corrected chi connectivity index (χ3v) is 3.91. The van der Waals surface area contributed by atoms with Gasteiger partial charge in [0.2, 0.25) is 0 Å². The van der Waals surface area contributed by atoms with E-state index >= 15 is 0 Å². The van der Waals surface area contributed by atoms with Crippen molar-refractivity contribution in [3.05, 3.63) is 69.2 Å². The van der Waals surface area contributed by atoms with E-state index in [4.69, 9.17) is 17.3 Å². The third-order valence-electron chi connectivity index (χ3n) is 3.17. The maximum absolute atomic E-state index is 5.91. The van der Waals surface area contributed by atoms with E-state index < -0.39 is 0 Å². The molecule has 2 aromatic rings. The van der Waals surface area contributed by atoms with Crippen molar-refractivity contribution in [2.24, 2.45) is 5.73 Å². The average Bonchev–Trinajstić information content (AvgIpc) is 2.42. The SMILES string of the molecule is CC(C)(Cc1ccc(Cl)cc1)c1cccc(Br)c1.CCN.